The number of halogens is 2. The van der Waals surface area contributed by atoms with Crippen molar-refractivity contribution in [2.45, 2.75) is 13.5 Å². The fourth-order valence-electron chi connectivity index (χ4n) is 2.18. The molecule has 3 aromatic rings. The fraction of sp³-hybridized carbons (Fsp3) is 0.111. The van der Waals surface area contributed by atoms with E-state index in [-0.39, 0.29) is 10.9 Å². The topological polar surface area (TPSA) is 54.0 Å². The van der Waals surface area contributed by atoms with E-state index in [1.165, 1.54) is 30.4 Å². The largest absolute Gasteiger partial charge is 0.352 e. The Kier molecular flexibility index (Phi) is 5.31. The zero-order valence-electron chi connectivity index (χ0n) is 13.3. The van der Waals surface area contributed by atoms with Crippen LogP contribution in [0, 0.1) is 5.82 Å². The maximum Gasteiger partial charge on any atom is 0.217 e. The Morgan fingerprint density at radius 2 is 2.00 bits per heavy atom. The van der Waals surface area contributed by atoms with Crippen molar-refractivity contribution in [1.29, 1.82) is 0 Å². The molecule has 25 heavy (non-hydrogen) atoms. The van der Waals surface area contributed by atoms with E-state index < -0.39 is 5.82 Å². The van der Waals surface area contributed by atoms with Crippen LogP contribution in [0.2, 0.25) is 5.02 Å². The number of nitrogens with zero attached hydrogens (tertiary/aromatic N) is 1. The number of anilines is 2. The number of aromatic nitrogens is 1. The zero-order valence-corrected chi connectivity index (χ0v) is 14.9. The average Bonchev–Trinajstić information content (AvgIpc) is 3.05. The highest BCUT2D eigenvalue weighted by Gasteiger charge is 2.07. The van der Waals surface area contributed by atoms with Gasteiger partial charge in [0.2, 0.25) is 5.91 Å². The van der Waals surface area contributed by atoms with Gasteiger partial charge in [0.05, 0.1) is 10.7 Å². The van der Waals surface area contributed by atoms with Crippen LogP contribution in [-0.2, 0) is 11.3 Å². The normalized spacial score (nSPS) is 10.5. The summed E-state index contributed by atoms with van der Waals surface area (Å²) in [4.78, 5) is 15.5. The first-order valence-electron chi connectivity index (χ1n) is 7.52. The molecule has 0 radical (unpaired) electrons. The van der Waals surface area contributed by atoms with Gasteiger partial charge in [0.25, 0.3) is 0 Å². The smallest absolute Gasteiger partial charge is 0.217 e. The Hall–Kier alpha value is -2.44. The van der Waals surface area contributed by atoms with Crippen LogP contribution in [0.4, 0.5) is 15.2 Å². The molecule has 1 aromatic heterocycles. The summed E-state index contributed by atoms with van der Waals surface area (Å²) < 4.78 is 13.2. The second kappa shape index (κ2) is 7.63. The van der Waals surface area contributed by atoms with Gasteiger partial charge in [-0.1, -0.05) is 35.9 Å². The quantitative estimate of drug-likeness (QED) is 0.661. The van der Waals surface area contributed by atoms with Gasteiger partial charge < -0.3 is 10.6 Å². The van der Waals surface area contributed by atoms with E-state index in [4.69, 9.17) is 11.6 Å². The van der Waals surface area contributed by atoms with E-state index in [0.29, 0.717) is 17.4 Å². The molecule has 3 rings (SSSR count). The SMILES string of the molecule is CC(=O)NCc1ccc(-c2csc(Nc3ccc(F)c(Cl)c3)n2)cc1. The molecule has 4 nitrogen and oxygen atoms in total. The number of carbonyl (C=O) groups excluding carboxylic acids is 1. The van der Waals surface area contributed by atoms with Gasteiger partial charge in [-0.15, -0.1) is 11.3 Å². The van der Waals surface area contributed by atoms with Crippen LogP contribution in [0.15, 0.2) is 47.8 Å². The number of carbonyl (C=O) groups is 1. The van der Waals surface area contributed by atoms with Crippen LogP contribution in [0.5, 0.6) is 0 Å². The molecule has 2 N–H and O–H groups in total. The predicted octanol–water partition coefficient (Wildman–Crippen LogP) is 4.98. The Labute approximate surface area is 153 Å². The lowest BCUT2D eigenvalue weighted by Gasteiger charge is -2.04. The first-order valence-corrected chi connectivity index (χ1v) is 8.78. The Morgan fingerprint density at radius 3 is 2.68 bits per heavy atom. The summed E-state index contributed by atoms with van der Waals surface area (Å²) in [6, 6.07) is 12.3. The Morgan fingerprint density at radius 1 is 1.24 bits per heavy atom. The van der Waals surface area contributed by atoms with Crippen LogP contribution < -0.4 is 10.6 Å². The number of amides is 1. The standard InChI is InChI=1S/C18H15ClFN3OS/c1-11(24)21-9-12-2-4-13(5-3-12)17-10-25-18(23-17)22-14-6-7-16(20)15(19)8-14/h2-8,10H,9H2,1H3,(H,21,24)(H,22,23). The van der Waals surface area contributed by atoms with E-state index in [1.807, 2.05) is 29.6 Å². The number of benzene rings is 2. The second-order valence-corrected chi connectivity index (χ2v) is 6.66. The van der Waals surface area contributed by atoms with Crippen LogP contribution in [-0.4, -0.2) is 10.9 Å². The number of hydrogen-bond donors (Lipinski definition) is 2. The number of nitrogens with one attached hydrogen (secondary N) is 2. The molecular formula is C18H15ClFN3OS. The molecular weight excluding hydrogens is 361 g/mol. The second-order valence-electron chi connectivity index (χ2n) is 5.40. The summed E-state index contributed by atoms with van der Waals surface area (Å²) in [7, 11) is 0. The molecule has 0 bridgehead atoms. The van der Waals surface area contributed by atoms with Crippen molar-refractivity contribution in [3.8, 4) is 11.3 Å². The summed E-state index contributed by atoms with van der Waals surface area (Å²) >= 11 is 7.23. The van der Waals surface area contributed by atoms with Gasteiger partial charge in [-0.3, -0.25) is 4.79 Å². The van der Waals surface area contributed by atoms with E-state index in [2.05, 4.69) is 15.6 Å². The number of rotatable bonds is 5. The molecule has 0 aliphatic carbocycles. The molecule has 0 saturated heterocycles. The maximum absolute atomic E-state index is 13.2. The minimum Gasteiger partial charge on any atom is -0.352 e. The van der Waals surface area contributed by atoms with Gasteiger partial charge >= 0.3 is 0 Å². The number of thiazole rings is 1. The molecule has 0 aliphatic heterocycles. The molecule has 0 fully saturated rings. The maximum atomic E-state index is 13.2. The van der Waals surface area contributed by atoms with E-state index >= 15 is 0 Å². The van der Waals surface area contributed by atoms with Gasteiger partial charge in [0.1, 0.15) is 5.82 Å². The van der Waals surface area contributed by atoms with E-state index in [1.54, 1.807) is 6.07 Å². The first kappa shape index (κ1) is 17.4. The fourth-order valence-corrected chi connectivity index (χ4v) is 3.10. The highest BCUT2D eigenvalue weighted by molar-refractivity contribution is 7.14. The molecule has 2 aromatic carbocycles. The third kappa shape index (κ3) is 4.55. The summed E-state index contributed by atoms with van der Waals surface area (Å²) in [5.41, 5.74) is 3.52. The molecule has 0 saturated carbocycles. The summed E-state index contributed by atoms with van der Waals surface area (Å²) in [6.45, 7) is 2.00. The van der Waals surface area contributed by atoms with Gasteiger partial charge in [-0.05, 0) is 23.8 Å². The lowest BCUT2D eigenvalue weighted by molar-refractivity contribution is -0.119. The molecule has 0 unspecified atom stereocenters. The van der Waals surface area contributed by atoms with Gasteiger partial charge in [0, 0.05) is 30.1 Å². The van der Waals surface area contributed by atoms with Gasteiger partial charge in [-0.2, -0.15) is 0 Å². The van der Waals surface area contributed by atoms with Crippen molar-refractivity contribution in [2.24, 2.45) is 0 Å². The van der Waals surface area contributed by atoms with Crippen molar-refractivity contribution in [2.75, 3.05) is 5.32 Å². The van der Waals surface area contributed by atoms with Crippen molar-refractivity contribution < 1.29 is 9.18 Å². The molecule has 1 heterocycles. The Balaban J connectivity index is 1.70. The van der Waals surface area contributed by atoms with Crippen molar-refractivity contribution in [3.63, 3.8) is 0 Å². The molecule has 0 aliphatic rings. The van der Waals surface area contributed by atoms with Crippen molar-refractivity contribution >= 4 is 39.7 Å². The average molecular weight is 376 g/mol. The molecule has 0 spiro atoms. The minimum absolute atomic E-state index is 0.0554. The van der Waals surface area contributed by atoms with Crippen LogP contribution in [0.1, 0.15) is 12.5 Å². The third-order valence-corrected chi connectivity index (χ3v) is 4.51. The molecule has 0 atom stereocenters. The van der Waals surface area contributed by atoms with Crippen LogP contribution in [0.3, 0.4) is 0 Å². The molecule has 7 heteroatoms. The monoisotopic (exact) mass is 375 g/mol. The van der Waals surface area contributed by atoms with Crippen molar-refractivity contribution in [3.05, 3.63) is 64.2 Å². The van der Waals surface area contributed by atoms with Crippen molar-refractivity contribution in [1.82, 2.24) is 10.3 Å². The van der Waals surface area contributed by atoms with E-state index in [9.17, 15) is 9.18 Å². The highest BCUT2D eigenvalue weighted by Crippen LogP contribution is 2.28. The van der Waals surface area contributed by atoms with Crippen LogP contribution in [0.25, 0.3) is 11.3 Å². The zero-order chi connectivity index (χ0) is 17.8. The highest BCUT2D eigenvalue weighted by atomic mass is 35.5. The van der Waals surface area contributed by atoms with Crippen LogP contribution >= 0.6 is 22.9 Å². The lowest BCUT2D eigenvalue weighted by Crippen LogP contribution is -2.18. The third-order valence-electron chi connectivity index (χ3n) is 3.47. The summed E-state index contributed by atoms with van der Waals surface area (Å²) in [5, 5.41) is 8.58. The predicted molar refractivity (Wildman–Crippen MR) is 99.8 cm³/mol. The van der Waals surface area contributed by atoms with Gasteiger partial charge in [-0.25, -0.2) is 9.37 Å². The summed E-state index contributed by atoms with van der Waals surface area (Å²) in [6.07, 6.45) is 0. The number of hydrogen-bond acceptors (Lipinski definition) is 4. The minimum atomic E-state index is -0.452. The lowest BCUT2D eigenvalue weighted by atomic mass is 10.1. The Bertz CT molecular complexity index is 896. The molecule has 1 amide bonds. The molecule has 128 valence electrons. The van der Waals surface area contributed by atoms with E-state index in [0.717, 1.165) is 16.8 Å². The summed E-state index contributed by atoms with van der Waals surface area (Å²) in [5.74, 6) is -0.508. The van der Waals surface area contributed by atoms with Gasteiger partial charge in [0.15, 0.2) is 5.13 Å². The first-order chi connectivity index (χ1) is 12.0.